The van der Waals surface area contributed by atoms with E-state index in [0.29, 0.717) is 22.2 Å². The standard InChI is InChI=1S/C24H20FN3O5S/c1-15(29)28(21-10-6-4-8-19(21)25)24-26-16(14-34-24)13-33-22(30)12-27-11-18(23(31)32-2)17-7-3-5-9-20(17)27/h3-11,14H,12-13H2,1-2H3. The van der Waals surface area contributed by atoms with E-state index in [-0.39, 0.29) is 24.0 Å². The predicted octanol–water partition coefficient (Wildman–Crippen LogP) is 4.45. The van der Waals surface area contributed by atoms with Crippen LogP contribution in [0.3, 0.4) is 0 Å². The Labute approximate surface area is 198 Å². The summed E-state index contributed by atoms with van der Waals surface area (Å²) >= 11 is 1.14. The molecule has 0 saturated heterocycles. The Morgan fingerprint density at radius 2 is 1.85 bits per heavy atom. The summed E-state index contributed by atoms with van der Waals surface area (Å²) in [7, 11) is 1.30. The monoisotopic (exact) mass is 481 g/mol. The molecule has 0 aliphatic carbocycles. The number of thiazole rings is 1. The van der Waals surface area contributed by atoms with Gasteiger partial charge in [0.2, 0.25) is 5.91 Å². The van der Waals surface area contributed by atoms with Crippen LogP contribution >= 0.6 is 11.3 Å². The molecule has 34 heavy (non-hydrogen) atoms. The Morgan fingerprint density at radius 1 is 1.12 bits per heavy atom. The Morgan fingerprint density at radius 3 is 2.59 bits per heavy atom. The number of benzene rings is 2. The van der Waals surface area contributed by atoms with Crippen LogP contribution in [0.4, 0.5) is 15.2 Å². The number of carbonyl (C=O) groups is 3. The van der Waals surface area contributed by atoms with Gasteiger partial charge in [-0.15, -0.1) is 11.3 Å². The highest BCUT2D eigenvalue weighted by atomic mass is 32.1. The second-order valence-electron chi connectivity index (χ2n) is 7.27. The van der Waals surface area contributed by atoms with Crippen molar-refractivity contribution in [2.45, 2.75) is 20.1 Å². The number of halogens is 1. The van der Waals surface area contributed by atoms with E-state index in [1.165, 1.54) is 37.1 Å². The third-order valence-electron chi connectivity index (χ3n) is 5.01. The van der Waals surface area contributed by atoms with Crippen LogP contribution in [0, 0.1) is 5.82 Å². The zero-order chi connectivity index (χ0) is 24.2. The lowest BCUT2D eigenvalue weighted by Crippen LogP contribution is -2.23. The molecule has 4 aromatic rings. The largest absolute Gasteiger partial charge is 0.465 e. The lowest BCUT2D eigenvalue weighted by molar-refractivity contribution is -0.145. The molecule has 0 aliphatic heterocycles. The van der Waals surface area contributed by atoms with E-state index in [2.05, 4.69) is 4.98 Å². The maximum Gasteiger partial charge on any atom is 0.340 e. The molecule has 0 saturated carbocycles. The van der Waals surface area contributed by atoms with Gasteiger partial charge in [0.1, 0.15) is 19.0 Å². The number of aromatic nitrogens is 2. The predicted molar refractivity (Wildman–Crippen MR) is 124 cm³/mol. The van der Waals surface area contributed by atoms with E-state index in [4.69, 9.17) is 9.47 Å². The third kappa shape index (κ3) is 4.67. The highest BCUT2D eigenvalue weighted by Crippen LogP contribution is 2.31. The molecule has 2 aromatic heterocycles. The molecular formula is C24H20FN3O5S. The molecule has 0 N–H and O–H groups in total. The topological polar surface area (TPSA) is 90.7 Å². The smallest absolute Gasteiger partial charge is 0.340 e. The van der Waals surface area contributed by atoms with Crippen molar-refractivity contribution in [3.63, 3.8) is 0 Å². The van der Waals surface area contributed by atoms with Crippen LogP contribution in [0.1, 0.15) is 23.0 Å². The first kappa shape index (κ1) is 23.1. The number of amides is 1. The van der Waals surface area contributed by atoms with Crippen molar-refractivity contribution in [3.8, 4) is 0 Å². The Hall–Kier alpha value is -4.05. The first-order valence-corrected chi connectivity index (χ1v) is 11.1. The zero-order valence-corrected chi connectivity index (χ0v) is 19.2. The van der Waals surface area contributed by atoms with E-state index in [1.807, 2.05) is 0 Å². The molecule has 0 unspecified atom stereocenters. The Balaban J connectivity index is 1.46. The number of nitrogens with zero attached hydrogens (tertiary/aromatic N) is 3. The molecular weight excluding hydrogens is 461 g/mol. The van der Waals surface area contributed by atoms with Gasteiger partial charge in [0.25, 0.3) is 0 Å². The summed E-state index contributed by atoms with van der Waals surface area (Å²) in [6.45, 7) is 1.07. The number of ether oxygens (including phenoxy) is 2. The van der Waals surface area contributed by atoms with Gasteiger partial charge in [0.15, 0.2) is 5.13 Å². The molecule has 0 atom stereocenters. The van der Waals surface area contributed by atoms with Gasteiger partial charge < -0.3 is 14.0 Å². The molecule has 0 aliphatic rings. The fraction of sp³-hybridized carbons (Fsp3) is 0.167. The summed E-state index contributed by atoms with van der Waals surface area (Å²) in [6.07, 6.45) is 1.55. The Bertz CT molecular complexity index is 1380. The van der Waals surface area contributed by atoms with Gasteiger partial charge in [-0.25, -0.2) is 14.2 Å². The maximum atomic E-state index is 14.2. The lowest BCUT2D eigenvalue weighted by Gasteiger charge is -2.18. The maximum absolute atomic E-state index is 14.2. The number of rotatable bonds is 7. The van der Waals surface area contributed by atoms with Crippen molar-refractivity contribution in [1.29, 1.82) is 0 Å². The molecule has 1 amide bonds. The fourth-order valence-corrected chi connectivity index (χ4v) is 4.36. The summed E-state index contributed by atoms with van der Waals surface area (Å²) in [4.78, 5) is 42.2. The summed E-state index contributed by atoms with van der Waals surface area (Å²) in [5.74, 6) is -1.98. The number of fused-ring (bicyclic) bond motifs is 1. The zero-order valence-electron chi connectivity index (χ0n) is 18.4. The van der Waals surface area contributed by atoms with Crippen LogP contribution < -0.4 is 4.90 Å². The summed E-state index contributed by atoms with van der Waals surface area (Å²) in [5.41, 5.74) is 1.56. The van der Waals surface area contributed by atoms with E-state index in [1.54, 1.807) is 46.5 Å². The highest BCUT2D eigenvalue weighted by Gasteiger charge is 2.21. The van der Waals surface area contributed by atoms with Crippen molar-refractivity contribution >= 4 is 50.9 Å². The minimum absolute atomic E-state index is 0.0915. The number of esters is 2. The van der Waals surface area contributed by atoms with Crippen molar-refractivity contribution in [1.82, 2.24) is 9.55 Å². The normalized spacial score (nSPS) is 10.8. The second-order valence-corrected chi connectivity index (χ2v) is 8.10. The average molecular weight is 482 g/mol. The molecule has 2 heterocycles. The van der Waals surface area contributed by atoms with Gasteiger partial charge in [-0.1, -0.05) is 30.3 Å². The van der Waals surface area contributed by atoms with Gasteiger partial charge in [-0.2, -0.15) is 0 Å². The number of para-hydroxylation sites is 2. The van der Waals surface area contributed by atoms with Crippen molar-refractivity contribution in [2.75, 3.05) is 12.0 Å². The van der Waals surface area contributed by atoms with Crippen LogP contribution in [-0.4, -0.2) is 34.5 Å². The summed E-state index contributed by atoms with van der Waals surface area (Å²) in [6, 6.07) is 13.1. The lowest BCUT2D eigenvalue weighted by atomic mass is 10.2. The number of carbonyl (C=O) groups excluding carboxylic acids is 3. The van der Waals surface area contributed by atoms with Gasteiger partial charge >= 0.3 is 11.9 Å². The molecule has 10 heteroatoms. The SMILES string of the molecule is COC(=O)c1cn(CC(=O)OCc2csc(N(C(C)=O)c3ccccc3F)n2)c2ccccc12. The fourth-order valence-electron chi connectivity index (χ4n) is 3.50. The van der Waals surface area contributed by atoms with Crippen LogP contribution in [0.5, 0.6) is 0 Å². The van der Waals surface area contributed by atoms with Crippen molar-refractivity contribution < 1.29 is 28.2 Å². The number of hydrogen-bond donors (Lipinski definition) is 0. The molecule has 0 spiro atoms. The summed E-state index contributed by atoms with van der Waals surface area (Å²) < 4.78 is 26.0. The molecule has 0 radical (unpaired) electrons. The van der Waals surface area contributed by atoms with E-state index >= 15 is 0 Å². The van der Waals surface area contributed by atoms with Crippen molar-refractivity contribution in [2.24, 2.45) is 0 Å². The van der Waals surface area contributed by atoms with E-state index < -0.39 is 23.7 Å². The number of methoxy groups -OCH3 is 1. The van der Waals surface area contributed by atoms with Crippen molar-refractivity contribution in [3.05, 3.63) is 77.2 Å². The first-order chi connectivity index (χ1) is 16.4. The van der Waals surface area contributed by atoms with Crippen LogP contribution in [0.15, 0.2) is 60.1 Å². The van der Waals surface area contributed by atoms with Crippen LogP contribution in [0.2, 0.25) is 0 Å². The first-order valence-electron chi connectivity index (χ1n) is 10.2. The molecule has 0 bridgehead atoms. The molecule has 0 fully saturated rings. The van der Waals surface area contributed by atoms with Gasteiger partial charge in [0, 0.05) is 29.4 Å². The Kier molecular flexibility index (Phi) is 6.69. The quantitative estimate of drug-likeness (QED) is 0.362. The van der Waals surface area contributed by atoms with Gasteiger partial charge in [-0.3, -0.25) is 14.5 Å². The van der Waals surface area contributed by atoms with Crippen LogP contribution in [0.25, 0.3) is 10.9 Å². The molecule has 4 rings (SSSR count). The third-order valence-corrected chi connectivity index (χ3v) is 5.89. The minimum atomic E-state index is -0.550. The molecule has 174 valence electrons. The van der Waals surface area contributed by atoms with E-state index in [9.17, 15) is 18.8 Å². The van der Waals surface area contributed by atoms with Gasteiger partial charge in [-0.05, 0) is 18.2 Å². The number of hydrogen-bond acceptors (Lipinski definition) is 7. The average Bonchev–Trinajstić information content (AvgIpc) is 3.44. The molecule has 2 aromatic carbocycles. The minimum Gasteiger partial charge on any atom is -0.465 e. The highest BCUT2D eigenvalue weighted by molar-refractivity contribution is 7.14. The van der Waals surface area contributed by atoms with Gasteiger partial charge in [0.05, 0.1) is 24.1 Å². The summed E-state index contributed by atoms with van der Waals surface area (Å²) in [5, 5.41) is 2.58. The van der Waals surface area contributed by atoms with E-state index in [0.717, 1.165) is 11.3 Å². The number of anilines is 2. The molecule has 8 nitrogen and oxygen atoms in total. The second kappa shape index (κ2) is 9.84. The van der Waals surface area contributed by atoms with Crippen LogP contribution in [-0.2, 0) is 32.2 Å².